The fourth-order valence-corrected chi connectivity index (χ4v) is 1.93. The summed E-state index contributed by atoms with van der Waals surface area (Å²) in [5.74, 6) is -1.27. The fraction of sp³-hybridized carbons (Fsp3) is 0.235. The molecule has 0 spiro atoms. The molecule has 0 aliphatic heterocycles. The highest BCUT2D eigenvalue weighted by Gasteiger charge is 2.09. The molecule has 6 heteroatoms. The van der Waals surface area contributed by atoms with Gasteiger partial charge in [0.15, 0.2) is 11.6 Å². The van der Waals surface area contributed by atoms with Gasteiger partial charge < -0.3 is 15.8 Å². The van der Waals surface area contributed by atoms with Crippen LogP contribution in [0.25, 0.3) is 0 Å². The maximum Gasteiger partial charge on any atom is 0.234 e. The largest absolute Gasteiger partial charge is 0.486 e. The van der Waals surface area contributed by atoms with Gasteiger partial charge in [-0.3, -0.25) is 4.79 Å². The van der Waals surface area contributed by atoms with Gasteiger partial charge in [0.1, 0.15) is 12.4 Å². The molecule has 0 aromatic heterocycles. The first-order valence-electron chi connectivity index (χ1n) is 7.14. The molecule has 3 N–H and O–H groups in total. The van der Waals surface area contributed by atoms with E-state index in [1.165, 1.54) is 24.3 Å². The lowest BCUT2D eigenvalue weighted by molar-refractivity contribution is -0.119. The van der Waals surface area contributed by atoms with E-state index in [4.69, 9.17) is 10.5 Å². The van der Waals surface area contributed by atoms with Gasteiger partial charge in [-0.2, -0.15) is 0 Å². The molecular formula is C17H18F2N2O2. The van der Waals surface area contributed by atoms with Crippen LogP contribution in [-0.4, -0.2) is 11.9 Å². The summed E-state index contributed by atoms with van der Waals surface area (Å²) in [6.07, 6.45) is 0. The van der Waals surface area contributed by atoms with Crippen LogP contribution >= 0.6 is 0 Å². The summed E-state index contributed by atoms with van der Waals surface area (Å²) >= 11 is 0. The van der Waals surface area contributed by atoms with Gasteiger partial charge in [-0.25, -0.2) is 8.78 Å². The van der Waals surface area contributed by atoms with Gasteiger partial charge in [-0.05, 0) is 42.3 Å². The molecule has 0 heterocycles. The highest BCUT2D eigenvalue weighted by atomic mass is 19.1. The van der Waals surface area contributed by atoms with Gasteiger partial charge in [0.25, 0.3) is 0 Å². The Morgan fingerprint density at radius 1 is 1.22 bits per heavy atom. The van der Waals surface area contributed by atoms with Crippen molar-refractivity contribution in [3.8, 4) is 5.75 Å². The number of benzene rings is 2. The maximum atomic E-state index is 13.8. The number of primary amides is 1. The second kappa shape index (κ2) is 7.69. The third kappa shape index (κ3) is 5.03. The fourth-order valence-electron chi connectivity index (χ4n) is 1.93. The van der Waals surface area contributed by atoms with E-state index in [1.54, 1.807) is 25.1 Å². The van der Waals surface area contributed by atoms with Crippen LogP contribution < -0.4 is 15.8 Å². The van der Waals surface area contributed by atoms with E-state index in [9.17, 15) is 13.6 Å². The second-order valence-corrected chi connectivity index (χ2v) is 5.19. The van der Waals surface area contributed by atoms with Crippen molar-refractivity contribution in [1.29, 1.82) is 0 Å². The second-order valence-electron chi connectivity index (χ2n) is 5.19. The quantitative estimate of drug-likeness (QED) is 0.824. The molecule has 1 unspecified atom stereocenters. The minimum absolute atomic E-state index is 0.0588. The van der Waals surface area contributed by atoms with Gasteiger partial charge in [0, 0.05) is 6.54 Å². The smallest absolute Gasteiger partial charge is 0.234 e. The zero-order valence-corrected chi connectivity index (χ0v) is 12.7. The molecule has 2 aromatic carbocycles. The molecule has 23 heavy (non-hydrogen) atoms. The normalized spacial score (nSPS) is 12.0. The van der Waals surface area contributed by atoms with Crippen molar-refractivity contribution >= 4 is 5.91 Å². The SMILES string of the molecule is CC(NCc1ccc(F)c(OCc2cccc(F)c2)c1)C(N)=O. The van der Waals surface area contributed by atoms with Crippen LogP contribution in [0.1, 0.15) is 18.1 Å². The molecule has 0 aliphatic carbocycles. The summed E-state index contributed by atoms with van der Waals surface area (Å²) in [4.78, 5) is 11.0. The predicted molar refractivity (Wildman–Crippen MR) is 82.6 cm³/mol. The molecule has 4 nitrogen and oxygen atoms in total. The van der Waals surface area contributed by atoms with Crippen LogP contribution in [0.15, 0.2) is 42.5 Å². The molecule has 0 fully saturated rings. The maximum absolute atomic E-state index is 13.8. The van der Waals surface area contributed by atoms with Crippen LogP contribution in [0, 0.1) is 11.6 Å². The number of nitrogens with one attached hydrogen (secondary N) is 1. The van der Waals surface area contributed by atoms with Crippen molar-refractivity contribution in [2.24, 2.45) is 5.73 Å². The van der Waals surface area contributed by atoms with E-state index in [2.05, 4.69) is 5.32 Å². The number of ether oxygens (including phenoxy) is 1. The molecular weight excluding hydrogens is 302 g/mol. The summed E-state index contributed by atoms with van der Waals surface area (Å²) in [6.45, 7) is 2.05. The Balaban J connectivity index is 2.01. The molecule has 0 saturated heterocycles. The Morgan fingerprint density at radius 2 is 2.00 bits per heavy atom. The number of rotatable bonds is 7. The zero-order chi connectivity index (χ0) is 16.8. The third-order valence-electron chi connectivity index (χ3n) is 3.32. The number of nitrogens with two attached hydrogens (primary N) is 1. The highest BCUT2D eigenvalue weighted by molar-refractivity contribution is 5.79. The first kappa shape index (κ1) is 16.9. The molecule has 1 atom stereocenters. The lowest BCUT2D eigenvalue weighted by atomic mass is 10.2. The van der Waals surface area contributed by atoms with Gasteiger partial charge in [0.2, 0.25) is 5.91 Å². The van der Waals surface area contributed by atoms with Gasteiger partial charge >= 0.3 is 0 Å². The third-order valence-corrected chi connectivity index (χ3v) is 3.32. The van der Waals surface area contributed by atoms with E-state index in [0.29, 0.717) is 12.1 Å². The van der Waals surface area contributed by atoms with Gasteiger partial charge in [-0.1, -0.05) is 18.2 Å². The molecule has 0 saturated carbocycles. The Labute approximate surface area is 133 Å². The van der Waals surface area contributed by atoms with Gasteiger partial charge in [0.05, 0.1) is 6.04 Å². The Kier molecular flexibility index (Phi) is 5.65. The van der Waals surface area contributed by atoms with Gasteiger partial charge in [-0.15, -0.1) is 0 Å². The summed E-state index contributed by atoms with van der Waals surface area (Å²) < 4.78 is 32.3. The van der Waals surface area contributed by atoms with Crippen molar-refractivity contribution in [3.63, 3.8) is 0 Å². The van der Waals surface area contributed by atoms with Crippen molar-refractivity contribution in [2.75, 3.05) is 0 Å². The molecule has 2 rings (SSSR count). The van der Waals surface area contributed by atoms with Crippen LogP contribution in [0.3, 0.4) is 0 Å². The van der Waals surface area contributed by atoms with Crippen molar-refractivity contribution in [2.45, 2.75) is 26.1 Å². The van der Waals surface area contributed by atoms with E-state index >= 15 is 0 Å². The number of carbonyl (C=O) groups is 1. The zero-order valence-electron chi connectivity index (χ0n) is 12.7. The molecule has 1 amide bonds. The van der Waals surface area contributed by atoms with Crippen LogP contribution in [0.5, 0.6) is 5.75 Å². The number of hydrogen-bond donors (Lipinski definition) is 2. The molecule has 0 radical (unpaired) electrons. The van der Waals surface area contributed by atoms with E-state index in [-0.39, 0.29) is 18.2 Å². The summed E-state index contributed by atoms with van der Waals surface area (Å²) in [7, 11) is 0. The van der Waals surface area contributed by atoms with E-state index < -0.39 is 17.8 Å². The molecule has 122 valence electrons. The number of halogens is 2. The molecule has 0 aliphatic rings. The number of hydrogen-bond acceptors (Lipinski definition) is 3. The van der Waals surface area contributed by atoms with Crippen LogP contribution in [0.2, 0.25) is 0 Å². The average molecular weight is 320 g/mol. The Morgan fingerprint density at radius 3 is 2.70 bits per heavy atom. The van der Waals surface area contributed by atoms with E-state index in [0.717, 1.165) is 5.56 Å². The molecule has 2 aromatic rings. The van der Waals surface area contributed by atoms with Crippen LogP contribution in [-0.2, 0) is 17.9 Å². The van der Waals surface area contributed by atoms with Crippen molar-refractivity contribution < 1.29 is 18.3 Å². The minimum Gasteiger partial charge on any atom is -0.486 e. The summed E-state index contributed by atoms with van der Waals surface area (Å²) in [5.41, 5.74) is 6.51. The minimum atomic E-state index is -0.506. The Hall–Kier alpha value is -2.47. The van der Waals surface area contributed by atoms with Crippen molar-refractivity contribution in [1.82, 2.24) is 5.32 Å². The topological polar surface area (TPSA) is 64.3 Å². The van der Waals surface area contributed by atoms with Crippen molar-refractivity contribution in [3.05, 3.63) is 65.2 Å². The lowest BCUT2D eigenvalue weighted by Crippen LogP contribution is -2.38. The summed E-state index contributed by atoms with van der Waals surface area (Å²) in [5, 5.41) is 2.92. The van der Waals surface area contributed by atoms with E-state index in [1.807, 2.05) is 0 Å². The lowest BCUT2D eigenvalue weighted by Gasteiger charge is -2.12. The Bertz CT molecular complexity index is 692. The average Bonchev–Trinajstić information content (AvgIpc) is 2.52. The van der Waals surface area contributed by atoms with Crippen LogP contribution in [0.4, 0.5) is 8.78 Å². The first-order valence-corrected chi connectivity index (χ1v) is 7.14. The number of carbonyl (C=O) groups excluding carboxylic acids is 1. The predicted octanol–water partition coefficient (Wildman–Crippen LogP) is 2.51. The first-order chi connectivity index (χ1) is 11.0. The molecule has 0 bridgehead atoms. The highest BCUT2D eigenvalue weighted by Crippen LogP contribution is 2.20. The number of amides is 1. The monoisotopic (exact) mass is 320 g/mol. The standard InChI is InChI=1S/C17H18F2N2O2/c1-11(17(20)22)21-9-12-5-6-15(19)16(8-12)23-10-13-3-2-4-14(18)7-13/h2-8,11,21H,9-10H2,1H3,(H2,20,22). The summed E-state index contributed by atoms with van der Waals surface area (Å²) in [6, 6.07) is 9.84.